The summed E-state index contributed by atoms with van der Waals surface area (Å²) in [7, 11) is -3.76. The van der Waals surface area contributed by atoms with Crippen molar-refractivity contribution < 1.29 is 8.42 Å². The van der Waals surface area contributed by atoms with Crippen molar-refractivity contribution in [1.29, 1.82) is 0 Å². The Labute approximate surface area is 153 Å². The molecule has 6 nitrogen and oxygen atoms in total. The Hall–Kier alpha value is -2.67. The molecular formula is C19H22N4O2S. The van der Waals surface area contributed by atoms with E-state index in [1.54, 1.807) is 30.3 Å². The second-order valence-corrected chi connectivity index (χ2v) is 7.96. The predicted octanol–water partition coefficient (Wildman–Crippen LogP) is 3.95. The van der Waals surface area contributed by atoms with Gasteiger partial charge in [0.25, 0.3) is 10.0 Å². The van der Waals surface area contributed by atoms with Crippen LogP contribution in [0.2, 0.25) is 0 Å². The molecule has 0 unspecified atom stereocenters. The summed E-state index contributed by atoms with van der Waals surface area (Å²) in [5.41, 5.74) is 2.33. The number of para-hydroxylation sites is 2. The highest BCUT2D eigenvalue weighted by Gasteiger charge is 2.19. The molecule has 2 N–H and O–H groups in total. The van der Waals surface area contributed by atoms with E-state index in [1.165, 1.54) is 0 Å². The second-order valence-electron chi connectivity index (χ2n) is 6.28. The van der Waals surface area contributed by atoms with Gasteiger partial charge in [-0.2, -0.15) is 0 Å². The number of aromatic nitrogens is 2. The van der Waals surface area contributed by atoms with Crippen LogP contribution in [-0.2, 0) is 10.0 Å². The van der Waals surface area contributed by atoms with Crippen molar-refractivity contribution in [2.45, 2.75) is 38.1 Å². The summed E-state index contributed by atoms with van der Waals surface area (Å²) in [5.74, 6) is 0.623. The van der Waals surface area contributed by atoms with E-state index >= 15 is 0 Å². The molecule has 0 bridgehead atoms. The van der Waals surface area contributed by atoms with Gasteiger partial charge in [-0.05, 0) is 44.5 Å². The third kappa shape index (κ3) is 3.94. The molecule has 0 saturated heterocycles. The Morgan fingerprint density at radius 2 is 1.54 bits per heavy atom. The third-order valence-electron chi connectivity index (χ3n) is 4.13. The van der Waals surface area contributed by atoms with Crippen molar-refractivity contribution >= 4 is 32.7 Å². The van der Waals surface area contributed by atoms with Gasteiger partial charge in [0, 0.05) is 6.04 Å². The van der Waals surface area contributed by atoms with Gasteiger partial charge in [-0.3, -0.25) is 4.72 Å². The molecular weight excluding hydrogens is 348 g/mol. The zero-order valence-electron chi connectivity index (χ0n) is 15.0. The van der Waals surface area contributed by atoms with Crippen LogP contribution in [0.3, 0.4) is 0 Å². The molecule has 1 atom stereocenters. The Balaban J connectivity index is 2.04. The quantitative estimate of drug-likeness (QED) is 0.686. The smallest absolute Gasteiger partial charge is 0.263 e. The largest absolute Gasteiger partial charge is 0.365 e. The van der Waals surface area contributed by atoms with Gasteiger partial charge in [-0.15, -0.1) is 0 Å². The van der Waals surface area contributed by atoms with E-state index in [-0.39, 0.29) is 16.8 Å². The van der Waals surface area contributed by atoms with E-state index in [0.717, 1.165) is 12.0 Å². The Morgan fingerprint density at radius 1 is 0.962 bits per heavy atom. The van der Waals surface area contributed by atoms with Crippen LogP contribution in [0.1, 0.15) is 25.8 Å². The van der Waals surface area contributed by atoms with Crippen LogP contribution in [0.25, 0.3) is 11.0 Å². The normalized spacial score (nSPS) is 12.7. The highest BCUT2D eigenvalue weighted by Crippen LogP contribution is 2.25. The highest BCUT2D eigenvalue weighted by atomic mass is 32.2. The van der Waals surface area contributed by atoms with Crippen molar-refractivity contribution in [3.63, 3.8) is 0 Å². The number of benzene rings is 2. The average molecular weight is 370 g/mol. The van der Waals surface area contributed by atoms with E-state index in [9.17, 15) is 8.42 Å². The number of hydrogen-bond acceptors (Lipinski definition) is 5. The molecule has 0 amide bonds. The molecule has 0 radical (unpaired) electrons. The fourth-order valence-electron chi connectivity index (χ4n) is 2.41. The Bertz CT molecular complexity index is 1020. The monoisotopic (exact) mass is 370 g/mol. The number of sulfonamides is 1. The minimum absolute atomic E-state index is 0.132. The molecule has 7 heteroatoms. The van der Waals surface area contributed by atoms with Crippen molar-refractivity contribution in [3.05, 3.63) is 54.1 Å². The van der Waals surface area contributed by atoms with E-state index < -0.39 is 10.0 Å². The molecule has 136 valence electrons. The molecule has 0 aliphatic rings. The Morgan fingerprint density at radius 3 is 2.12 bits per heavy atom. The molecule has 1 heterocycles. The van der Waals surface area contributed by atoms with Crippen LogP contribution in [0, 0.1) is 6.92 Å². The van der Waals surface area contributed by atoms with Gasteiger partial charge >= 0.3 is 0 Å². The van der Waals surface area contributed by atoms with Crippen LogP contribution in [0.4, 0.5) is 11.6 Å². The summed E-state index contributed by atoms with van der Waals surface area (Å²) >= 11 is 0. The highest BCUT2D eigenvalue weighted by molar-refractivity contribution is 7.92. The molecule has 0 saturated carbocycles. The zero-order valence-corrected chi connectivity index (χ0v) is 15.8. The molecule has 26 heavy (non-hydrogen) atoms. The number of hydrogen-bond donors (Lipinski definition) is 2. The van der Waals surface area contributed by atoms with Gasteiger partial charge in [-0.25, -0.2) is 18.4 Å². The van der Waals surface area contributed by atoms with Gasteiger partial charge in [0.15, 0.2) is 11.6 Å². The van der Waals surface area contributed by atoms with Crippen LogP contribution in [0.5, 0.6) is 0 Å². The maximum absolute atomic E-state index is 12.7. The van der Waals surface area contributed by atoms with Gasteiger partial charge in [0.05, 0.1) is 15.9 Å². The standard InChI is InChI=1S/C19H22N4O2S/c1-4-14(3)20-18-19(22-17-8-6-5-7-16(17)21-18)23-26(24,25)15-11-9-13(2)10-12-15/h5-12,14H,4H2,1-3H3,(H,20,21)(H,22,23)/t14-/m0/s1. The van der Waals surface area contributed by atoms with E-state index in [1.807, 2.05) is 39.0 Å². The molecule has 1 aromatic heterocycles. The van der Waals surface area contributed by atoms with Gasteiger partial charge in [0.2, 0.25) is 0 Å². The molecule has 3 rings (SSSR count). The number of aryl methyl sites for hydroxylation is 1. The minimum atomic E-state index is -3.76. The molecule has 3 aromatic rings. The summed E-state index contributed by atoms with van der Waals surface area (Å²) < 4.78 is 28.1. The van der Waals surface area contributed by atoms with E-state index in [0.29, 0.717) is 16.9 Å². The lowest BCUT2D eigenvalue weighted by atomic mass is 10.2. The van der Waals surface area contributed by atoms with Crippen LogP contribution in [-0.4, -0.2) is 24.4 Å². The first kappa shape index (κ1) is 18.1. The first-order chi connectivity index (χ1) is 12.4. The van der Waals surface area contributed by atoms with E-state index in [4.69, 9.17) is 0 Å². The lowest BCUT2D eigenvalue weighted by molar-refractivity contribution is 0.601. The summed E-state index contributed by atoms with van der Waals surface area (Å²) in [6, 6.07) is 14.2. The van der Waals surface area contributed by atoms with Crippen molar-refractivity contribution in [1.82, 2.24) is 9.97 Å². The molecule has 0 aliphatic heterocycles. The molecule has 0 fully saturated rings. The van der Waals surface area contributed by atoms with Gasteiger partial charge in [0.1, 0.15) is 0 Å². The minimum Gasteiger partial charge on any atom is -0.365 e. The lowest BCUT2D eigenvalue weighted by Crippen LogP contribution is -2.20. The number of rotatable bonds is 6. The number of fused-ring (bicyclic) bond motifs is 1. The van der Waals surface area contributed by atoms with Crippen molar-refractivity contribution in [3.8, 4) is 0 Å². The second kappa shape index (κ2) is 7.29. The zero-order chi connectivity index (χ0) is 18.7. The Kier molecular flexibility index (Phi) is 5.08. The maximum Gasteiger partial charge on any atom is 0.263 e. The van der Waals surface area contributed by atoms with Gasteiger partial charge in [-0.1, -0.05) is 36.8 Å². The van der Waals surface area contributed by atoms with Crippen LogP contribution >= 0.6 is 0 Å². The number of anilines is 2. The average Bonchev–Trinajstić information content (AvgIpc) is 2.62. The first-order valence-corrected chi connectivity index (χ1v) is 10.00. The summed E-state index contributed by atoms with van der Waals surface area (Å²) in [4.78, 5) is 9.22. The summed E-state index contributed by atoms with van der Waals surface area (Å²) in [6.07, 6.45) is 0.874. The van der Waals surface area contributed by atoms with Crippen molar-refractivity contribution in [2.24, 2.45) is 0 Å². The number of nitrogens with zero attached hydrogens (tertiary/aromatic N) is 2. The maximum atomic E-state index is 12.7. The molecule has 0 spiro atoms. The van der Waals surface area contributed by atoms with Crippen LogP contribution < -0.4 is 10.0 Å². The third-order valence-corrected chi connectivity index (χ3v) is 5.48. The van der Waals surface area contributed by atoms with Crippen LogP contribution in [0.15, 0.2) is 53.4 Å². The fraction of sp³-hybridized carbons (Fsp3) is 0.263. The lowest BCUT2D eigenvalue weighted by Gasteiger charge is -2.17. The summed E-state index contributed by atoms with van der Waals surface area (Å²) in [5, 5.41) is 3.23. The molecule has 2 aromatic carbocycles. The SMILES string of the molecule is CC[C@H](C)Nc1nc2ccccc2nc1NS(=O)(=O)c1ccc(C)cc1. The number of nitrogens with one attached hydrogen (secondary N) is 2. The topological polar surface area (TPSA) is 84.0 Å². The van der Waals surface area contributed by atoms with Crippen molar-refractivity contribution in [2.75, 3.05) is 10.0 Å². The summed E-state index contributed by atoms with van der Waals surface area (Å²) in [6.45, 7) is 5.96. The van der Waals surface area contributed by atoms with E-state index in [2.05, 4.69) is 20.0 Å². The van der Waals surface area contributed by atoms with Gasteiger partial charge < -0.3 is 5.32 Å². The fourth-order valence-corrected chi connectivity index (χ4v) is 3.42. The molecule has 0 aliphatic carbocycles. The first-order valence-electron chi connectivity index (χ1n) is 8.52. The predicted molar refractivity (Wildman–Crippen MR) is 105 cm³/mol.